The van der Waals surface area contributed by atoms with Gasteiger partial charge >= 0.3 is 6.03 Å². The van der Waals surface area contributed by atoms with Crippen molar-refractivity contribution >= 4 is 35.5 Å². The van der Waals surface area contributed by atoms with E-state index in [0.717, 1.165) is 50.7 Å². The van der Waals surface area contributed by atoms with Crippen LogP contribution in [0.2, 0.25) is 0 Å². The number of nitrogens with two attached hydrogens (primary N) is 1. The number of aliphatic hydroxyl groups excluding tert-OH is 1. The molecule has 10 nitrogen and oxygen atoms in total. The number of nitrogens with one attached hydrogen (secondary N) is 3. The van der Waals surface area contributed by atoms with E-state index in [1.165, 1.54) is 0 Å². The predicted octanol–water partition coefficient (Wildman–Crippen LogP) is 2.38. The third kappa shape index (κ3) is 6.98. The smallest absolute Gasteiger partial charge is 0.315 e. The van der Waals surface area contributed by atoms with Gasteiger partial charge in [0.25, 0.3) is 0 Å². The summed E-state index contributed by atoms with van der Waals surface area (Å²) in [6.07, 6.45) is 8.13. The first-order valence-corrected chi connectivity index (χ1v) is 16.7. The molecule has 5 amide bonds. The van der Waals surface area contributed by atoms with Crippen molar-refractivity contribution in [1.82, 2.24) is 20.9 Å². The maximum Gasteiger partial charge on any atom is 0.315 e. The number of rotatable bonds is 11. The Bertz CT molecular complexity index is 1010. The third-order valence-electron chi connectivity index (χ3n) is 10.0. The van der Waals surface area contributed by atoms with E-state index in [0.29, 0.717) is 18.9 Å². The number of hydrogen-bond donors (Lipinski definition) is 5. The average Bonchev–Trinajstić information content (AvgIpc) is 3.73. The van der Waals surface area contributed by atoms with Crippen LogP contribution in [-0.4, -0.2) is 82.1 Å². The fraction of sp³-hybridized carbons (Fsp3) is 0.867. The van der Waals surface area contributed by atoms with Gasteiger partial charge in [0.15, 0.2) is 6.10 Å². The lowest BCUT2D eigenvalue weighted by Gasteiger charge is -2.40. The molecule has 1 aliphatic heterocycles. The number of hydrogen-bond acceptors (Lipinski definition) is 6. The number of urea groups is 1. The Balaban J connectivity index is 1.52. The van der Waals surface area contributed by atoms with Crippen molar-refractivity contribution in [2.24, 2.45) is 34.3 Å². The molecule has 0 aromatic heterocycles. The average molecular weight is 594 g/mol. The van der Waals surface area contributed by atoms with Crippen LogP contribution in [-0.2, 0) is 14.4 Å². The number of piperidine rings is 1. The van der Waals surface area contributed by atoms with E-state index in [2.05, 4.69) is 29.8 Å². The van der Waals surface area contributed by atoms with Crippen molar-refractivity contribution in [3.63, 3.8) is 0 Å². The number of carbonyl (C=O) groups is 4. The van der Waals surface area contributed by atoms with E-state index in [9.17, 15) is 24.3 Å². The number of thioether (sulfide) groups is 1. The molecule has 3 aliphatic carbocycles. The summed E-state index contributed by atoms with van der Waals surface area (Å²) in [5, 5.41) is 19.6. The third-order valence-corrected chi connectivity index (χ3v) is 10.9. The van der Waals surface area contributed by atoms with Gasteiger partial charge in [0.1, 0.15) is 12.1 Å². The van der Waals surface area contributed by atoms with Crippen molar-refractivity contribution < 1.29 is 24.3 Å². The van der Waals surface area contributed by atoms with Gasteiger partial charge in [0, 0.05) is 12.3 Å². The molecule has 6 atom stereocenters. The molecule has 1 saturated heterocycles. The Kier molecular flexibility index (Phi) is 9.29. The van der Waals surface area contributed by atoms with Gasteiger partial charge in [0.2, 0.25) is 17.7 Å². The molecule has 4 rings (SSSR count). The lowest BCUT2D eigenvalue weighted by molar-refractivity contribution is -0.144. The van der Waals surface area contributed by atoms with Gasteiger partial charge in [-0.25, -0.2) is 4.79 Å². The summed E-state index contributed by atoms with van der Waals surface area (Å²) in [4.78, 5) is 54.9. The second-order valence-corrected chi connectivity index (χ2v) is 15.6. The summed E-state index contributed by atoms with van der Waals surface area (Å²) in [5.74, 6) is -0.256. The fourth-order valence-electron chi connectivity index (χ4n) is 7.29. The molecule has 0 bridgehead atoms. The van der Waals surface area contributed by atoms with Gasteiger partial charge in [-0.2, -0.15) is 11.8 Å². The molecule has 232 valence electrons. The first-order valence-electron chi connectivity index (χ1n) is 15.3. The minimum Gasteiger partial charge on any atom is -0.381 e. The van der Waals surface area contributed by atoms with Gasteiger partial charge in [-0.05, 0) is 54.1 Å². The molecule has 0 radical (unpaired) electrons. The minimum absolute atomic E-state index is 0.0414. The van der Waals surface area contributed by atoms with E-state index in [1.807, 2.05) is 27.0 Å². The topological polar surface area (TPSA) is 154 Å². The second kappa shape index (κ2) is 11.9. The number of nitrogens with zero attached hydrogens (tertiary/aromatic N) is 1. The zero-order valence-corrected chi connectivity index (χ0v) is 26.4. The number of likely N-dealkylation sites (tertiary alicyclic amines) is 1. The molecule has 41 heavy (non-hydrogen) atoms. The van der Waals surface area contributed by atoms with Gasteiger partial charge < -0.3 is 31.7 Å². The van der Waals surface area contributed by atoms with Crippen LogP contribution in [0.5, 0.6) is 0 Å². The Morgan fingerprint density at radius 1 is 1.07 bits per heavy atom. The van der Waals surface area contributed by atoms with Crippen molar-refractivity contribution in [2.75, 3.05) is 18.6 Å². The summed E-state index contributed by atoms with van der Waals surface area (Å²) < 4.78 is 0. The molecule has 0 spiro atoms. The van der Waals surface area contributed by atoms with Crippen LogP contribution in [0.25, 0.3) is 0 Å². The molecular formula is C30H51N5O5S. The SMILES string of the molecule is CSCC1(NC(=O)N[C@H](C(=O)N2CC3[C@@H]([C@H]2C(=O)NC(CC2CC2)C(O)C(N)=O)C3(C)C)C(C)(C)C)CCCCC1. The highest BCUT2D eigenvalue weighted by Gasteiger charge is 2.70. The first kappa shape index (κ1) is 31.9. The lowest BCUT2D eigenvalue weighted by Crippen LogP contribution is -2.63. The zero-order chi connectivity index (χ0) is 30.3. The molecule has 6 N–H and O–H groups in total. The Hall–Kier alpha value is -2.01. The first-order chi connectivity index (χ1) is 19.1. The fourth-order valence-corrected chi connectivity index (χ4v) is 8.21. The van der Waals surface area contributed by atoms with E-state index >= 15 is 0 Å². The lowest BCUT2D eigenvalue weighted by atomic mass is 9.83. The molecule has 3 unspecified atom stereocenters. The van der Waals surface area contributed by atoms with Gasteiger partial charge in [-0.3, -0.25) is 14.4 Å². The van der Waals surface area contributed by atoms with Crippen molar-refractivity contribution in [1.29, 1.82) is 0 Å². The maximum atomic E-state index is 14.2. The molecule has 4 aliphatic rings. The summed E-state index contributed by atoms with van der Waals surface area (Å²) in [7, 11) is 0. The van der Waals surface area contributed by atoms with Crippen LogP contribution in [0.15, 0.2) is 0 Å². The summed E-state index contributed by atoms with van der Waals surface area (Å²) in [6.45, 7) is 10.4. The van der Waals surface area contributed by atoms with Crippen LogP contribution in [0.1, 0.15) is 86.0 Å². The number of amides is 5. The van der Waals surface area contributed by atoms with Gasteiger partial charge in [0.05, 0.1) is 11.6 Å². The van der Waals surface area contributed by atoms with Crippen LogP contribution in [0.4, 0.5) is 4.79 Å². The highest BCUT2D eigenvalue weighted by molar-refractivity contribution is 7.98. The Labute approximate surface area is 249 Å². The molecule has 3 saturated carbocycles. The maximum absolute atomic E-state index is 14.2. The molecule has 0 aromatic carbocycles. The second-order valence-electron chi connectivity index (χ2n) is 14.7. The summed E-state index contributed by atoms with van der Waals surface area (Å²) in [6, 6.07) is -2.74. The number of aliphatic hydroxyl groups is 1. The van der Waals surface area contributed by atoms with E-state index in [4.69, 9.17) is 5.73 Å². The zero-order valence-electron chi connectivity index (χ0n) is 25.6. The normalized spacial score (nSPS) is 28.6. The Morgan fingerprint density at radius 2 is 1.71 bits per heavy atom. The summed E-state index contributed by atoms with van der Waals surface area (Å²) in [5.41, 5.74) is 4.39. The quantitative estimate of drug-likeness (QED) is 0.248. The van der Waals surface area contributed by atoms with Gasteiger partial charge in [-0.1, -0.05) is 66.7 Å². The van der Waals surface area contributed by atoms with Crippen LogP contribution in [0.3, 0.4) is 0 Å². The minimum atomic E-state index is -1.49. The largest absolute Gasteiger partial charge is 0.381 e. The van der Waals surface area contributed by atoms with Crippen molar-refractivity contribution in [3.05, 3.63) is 0 Å². The molecule has 11 heteroatoms. The Morgan fingerprint density at radius 3 is 2.24 bits per heavy atom. The highest BCUT2D eigenvalue weighted by atomic mass is 32.2. The number of primary amides is 1. The predicted molar refractivity (Wildman–Crippen MR) is 160 cm³/mol. The van der Waals surface area contributed by atoms with Crippen LogP contribution in [0, 0.1) is 28.6 Å². The van der Waals surface area contributed by atoms with E-state index < -0.39 is 35.6 Å². The van der Waals surface area contributed by atoms with E-state index in [1.54, 1.807) is 16.7 Å². The monoisotopic (exact) mass is 593 g/mol. The number of carbonyl (C=O) groups excluding carboxylic acids is 4. The van der Waals surface area contributed by atoms with Crippen LogP contribution < -0.4 is 21.7 Å². The number of fused-ring (bicyclic) bond motifs is 1. The molecule has 4 fully saturated rings. The summed E-state index contributed by atoms with van der Waals surface area (Å²) >= 11 is 1.72. The van der Waals surface area contributed by atoms with Gasteiger partial charge in [-0.15, -0.1) is 0 Å². The molecule has 0 aromatic rings. The van der Waals surface area contributed by atoms with Crippen LogP contribution >= 0.6 is 11.8 Å². The van der Waals surface area contributed by atoms with E-state index in [-0.39, 0.29) is 40.6 Å². The van der Waals surface area contributed by atoms with Crippen molar-refractivity contribution in [3.8, 4) is 0 Å². The molecule has 1 heterocycles. The molecular weight excluding hydrogens is 542 g/mol. The highest BCUT2D eigenvalue weighted by Crippen LogP contribution is 2.65. The standard InChI is InChI=1S/C30H51N5O5S/c1-28(2,3)23(33-27(40)34-30(16-41-6)12-8-7-9-13-30)26(39)35-15-18-20(29(18,4)5)21(35)25(38)32-19(14-17-10-11-17)22(36)24(31)37/h17-23,36H,7-16H2,1-6H3,(H2,31,37)(H,32,38)(H2,33,34,40)/t18?,19?,20-,21-,22?,23+/m0/s1. The van der Waals surface area contributed by atoms with Crippen molar-refractivity contribution in [2.45, 2.75) is 116 Å².